The van der Waals surface area contributed by atoms with Gasteiger partial charge in [0.1, 0.15) is 0 Å². The van der Waals surface area contributed by atoms with Gasteiger partial charge in [-0.15, -0.1) is 10.2 Å². The highest BCUT2D eigenvalue weighted by molar-refractivity contribution is 9.10. The summed E-state index contributed by atoms with van der Waals surface area (Å²) in [6.45, 7) is 4.03. The Labute approximate surface area is 197 Å². The van der Waals surface area contributed by atoms with Gasteiger partial charge in [0.25, 0.3) is 0 Å². The molecule has 9 nitrogen and oxygen atoms in total. The number of ether oxygens (including phenoxy) is 1. The normalized spacial score (nSPS) is 11.2. The average molecular weight is 520 g/mol. The largest absolute Gasteiger partial charge is 0.500 e. The van der Waals surface area contributed by atoms with Gasteiger partial charge in [-0.25, -0.2) is 0 Å². The molecular weight excluding hydrogens is 498 g/mol. The van der Waals surface area contributed by atoms with E-state index in [-0.39, 0.29) is 12.4 Å². The molecule has 168 valence electrons. The number of rotatable bonds is 10. The monoisotopic (exact) mass is 519 g/mol. The fraction of sp³-hybridized carbons (Fsp3) is 0.286. The Kier molecular flexibility index (Phi) is 8.23. The van der Waals surface area contributed by atoms with Crippen LogP contribution in [0.4, 0.5) is 5.69 Å². The van der Waals surface area contributed by atoms with Crippen molar-refractivity contribution in [2.75, 3.05) is 6.61 Å². The van der Waals surface area contributed by atoms with Crippen molar-refractivity contribution in [3.8, 4) is 11.5 Å². The second-order valence-electron chi connectivity index (χ2n) is 6.70. The molecule has 3 rings (SSSR count). The van der Waals surface area contributed by atoms with Crippen LogP contribution < -0.4 is 4.74 Å². The van der Waals surface area contributed by atoms with Gasteiger partial charge in [-0.05, 0) is 37.1 Å². The van der Waals surface area contributed by atoms with Crippen LogP contribution in [0.3, 0.4) is 0 Å². The summed E-state index contributed by atoms with van der Waals surface area (Å²) in [5, 5.41) is 35.0. The van der Waals surface area contributed by atoms with Crippen molar-refractivity contribution in [3.05, 3.63) is 67.9 Å². The number of hydrogen-bond acceptors (Lipinski definition) is 8. The molecule has 0 unspecified atom stereocenters. The second-order valence-corrected chi connectivity index (χ2v) is 8.56. The Morgan fingerprint density at radius 2 is 2.03 bits per heavy atom. The van der Waals surface area contributed by atoms with Gasteiger partial charge in [-0.1, -0.05) is 46.7 Å². The van der Waals surface area contributed by atoms with Gasteiger partial charge in [0.05, 0.1) is 17.7 Å². The summed E-state index contributed by atoms with van der Waals surface area (Å²) in [5.41, 5.74) is 1.10. The van der Waals surface area contributed by atoms with Gasteiger partial charge in [0.15, 0.2) is 11.6 Å². The molecule has 1 heterocycles. The third-order valence-corrected chi connectivity index (χ3v) is 5.85. The Bertz CT molecular complexity index is 1120. The molecule has 2 aromatic carbocycles. The van der Waals surface area contributed by atoms with Crippen molar-refractivity contribution in [3.63, 3.8) is 0 Å². The first kappa shape index (κ1) is 23.7. The number of phenolic OH excluding ortho intramolecular Hbond substituents is 1. The number of aromatic nitrogens is 3. The molecule has 0 saturated heterocycles. The molecule has 3 aromatic rings. The zero-order valence-electron chi connectivity index (χ0n) is 17.6. The van der Waals surface area contributed by atoms with Gasteiger partial charge in [0.2, 0.25) is 10.9 Å². The molecule has 0 fully saturated rings. The predicted octanol–water partition coefficient (Wildman–Crippen LogP) is 5.18. The summed E-state index contributed by atoms with van der Waals surface area (Å²) < 4.78 is 7.99. The highest BCUT2D eigenvalue weighted by atomic mass is 79.9. The lowest BCUT2D eigenvalue weighted by Gasteiger charge is -2.08. The molecule has 0 aliphatic rings. The number of nitrogens with zero attached hydrogens (tertiary/aromatic N) is 5. The zero-order valence-corrected chi connectivity index (χ0v) is 20.0. The van der Waals surface area contributed by atoms with E-state index in [0.717, 1.165) is 16.5 Å². The van der Waals surface area contributed by atoms with Crippen LogP contribution in [-0.2, 0) is 12.2 Å². The molecule has 1 aromatic heterocycles. The highest BCUT2D eigenvalue weighted by Crippen LogP contribution is 2.36. The number of hydrogen-bond donors (Lipinski definition) is 1. The first-order valence-electron chi connectivity index (χ1n) is 9.93. The van der Waals surface area contributed by atoms with Gasteiger partial charge in [-0.3, -0.25) is 10.1 Å². The molecule has 0 bridgehead atoms. The predicted molar refractivity (Wildman–Crippen MR) is 127 cm³/mol. The van der Waals surface area contributed by atoms with Crippen LogP contribution in [0.5, 0.6) is 11.5 Å². The number of phenols is 1. The fourth-order valence-electron chi connectivity index (χ4n) is 2.83. The molecule has 0 spiro atoms. The zero-order chi connectivity index (χ0) is 23.1. The lowest BCUT2D eigenvalue weighted by atomic mass is 10.2. The highest BCUT2D eigenvalue weighted by Gasteiger charge is 2.20. The van der Waals surface area contributed by atoms with E-state index in [1.165, 1.54) is 30.1 Å². The molecule has 1 N–H and O–H groups in total. The molecule has 11 heteroatoms. The molecule has 0 aliphatic carbocycles. The number of aryl methyl sites for hydroxylation is 1. The minimum atomic E-state index is -0.657. The number of halogens is 1. The molecule has 0 saturated carbocycles. The fourth-order valence-corrected chi connectivity index (χ4v) is 3.95. The third-order valence-electron chi connectivity index (χ3n) is 4.33. The maximum absolute atomic E-state index is 11.3. The van der Waals surface area contributed by atoms with E-state index >= 15 is 0 Å². The summed E-state index contributed by atoms with van der Waals surface area (Å²) in [5.74, 6) is 0.910. The van der Waals surface area contributed by atoms with Crippen LogP contribution in [0.1, 0.15) is 37.2 Å². The molecule has 0 radical (unpaired) electrons. The minimum absolute atomic E-state index is 0.0329. The van der Waals surface area contributed by atoms with Crippen LogP contribution in [0.15, 0.2) is 51.1 Å². The lowest BCUT2D eigenvalue weighted by molar-refractivity contribution is -0.386. The smallest absolute Gasteiger partial charge is 0.315 e. The standard InChI is InChI=1S/C21H22BrN5O4S/c1-3-5-19-24-25-21(32-13-14-6-8-16(22)9-7-14)26(19)23-12-15-10-17(27(29)30)20(28)18(11-15)31-4-2/h6-12,28H,3-5,13H2,1-2H3/b23-12+. The molecule has 0 aliphatic heterocycles. The number of benzene rings is 2. The SMILES string of the molecule is CCCc1nnc(SCc2ccc(Br)cc2)n1/N=C/c1cc(OCC)c(O)c([N+](=O)[O-])c1. The lowest BCUT2D eigenvalue weighted by Crippen LogP contribution is -2.01. The summed E-state index contributed by atoms with van der Waals surface area (Å²) in [6, 6.07) is 10.8. The number of nitro benzene ring substituents is 1. The topological polar surface area (TPSA) is 116 Å². The first-order valence-corrected chi connectivity index (χ1v) is 11.7. The van der Waals surface area contributed by atoms with Crippen molar-refractivity contribution < 1.29 is 14.8 Å². The van der Waals surface area contributed by atoms with E-state index in [1.54, 1.807) is 11.6 Å². The van der Waals surface area contributed by atoms with E-state index < -0.39 is 16.4 Å². The summed E-state index contributed by atoms with van der Waals surface area (Å²) in [6.07, 6.45) is 3.02. The number of thioether (sulfide) groups is 1. The Morgan fingerprint density at radius 1 is 1.28 bits per heavy atom. The van der Waals surface area contributed by atoms with Crippen LogP contribution in [0.2, 0.25) is 0 Å². The van der Waals surface area contributed by atoms with Crippen LogP contribution in [0.25, 0.3) is 0 Å². The number of nitro groups is 1. The van der Waals surface area contributed by atoms with Gasteiger partial charge < -0.3 is 9.84 Å². The van der Waals surface area contributed by atoms with E-state index in [2.05, 4.69) is 31.2 Å². The second kappa shape index (κ2) is 11.1. The van der Waals surface area contributed by atoms with Crippen molar-refractivity contribution in [1.29, 1.82) is 0 Å². The maximum Gasteiger partial charge on any atom is 0.315 e. The van der Waals surface area contributed by atoms with Gasteiger partial charge in [-0.2, -0.15) is 9.78 Å². The number of aromatic hydroxyl groups is 1. The average Bonchev–Trinajstić information content (AvgIpc) is 3.15. The van der Waals surface area contributed by atoms with Crippen molar-refractivity contribution >= 4 is 39.6 Å². The van der Waals surface area contributed by atoms with Gasteiger partial charge >= 0.3 is 5.69 Å². The molecular formula is C21H22BrN5O4S. The first-order chi connectivity index (χ1) is 15.4. The third kappa shape index (κ3) is 5.86. The Morgan fingerprint density at radius 3 is 2.69 bits per heavy atom. The van der Waals surface area contributed by atoms with Crippen molar-refractivity contribution in [2.24, 2.45) is 5.10 Å². The summed E-state index contributed by atoms with van der Waals surface area (Å²) >= 11 is 4.93. The molecule has 0 amide bonds. The van der Waals surface area contributed by atoms with E-state index in [0.29, 0.717) is 28.7 Å². The Hall–Kier alpha value is -2.92. The molecule has 0 atom stereocenters. The van der Waals surface area contributed by atoms with Crippen molar-refractivity contribution in [1.82, 2.24) is 14.9 Å². The molecule has 32 heavy (non-hydrogen) atoms. The van der Waals surface area contributed by atoms with Crippen LogP contribution >= 0.6 is 27.7 Å². The summed E-state index contributed by atoms with van der Waals surface area (Å²) in [4.78, 5) is 10.7. The minimum Gasteiger partial charge on any atom is -0.500 e. The van der Waals surface area contributed by atoms with E-state index in [1.807, 2.05) is 31.2 Å². The van der Waals surface area contributed by atoms with Crippen LogP contribution in [-0.4, -0.2) is 37.7 Å². The van der Waals surface area contributed by atoms with E-state index in [9.17, 15) is 15.2 Å². The quantitative estimate of drug-likeness (QED) is 0.170. The van der Waals surface area contributed by atoms with E-state index in [4.69, 9.17) is 4.74 Å². The van der Waals surface area contributed by atoms with Crippen LogP contribution in [0, 0.1) is 10.1 Å². The van der Waals surface area contributed by atoms with Gasteiger partial charge in [0, 0.05) is 28.3 Å². The maximum atomic E-state index is 11.3. The van der Waals surface area contributed by atoms with Crippen molar-refractivity contribution in [2.45, 2.75) is 37.6 Å². The Balaban J connectivity index is 1.90. The summed E-state index contributed by atoms with van der Waals surface area (Å²) in [7, 11) is 0.